The van der Waals surface area contributed by atoms with Gasteiger partial charge >= 0.3 is 6.03 Å². The Hall–Kier alpha value is -3.01. The van der Waals surface area contributed by atoms with E-state index in [-0.39, 0.29) is 12.3 Å². The molecule has 0 radical (unpaired) electrons. The number of hydrogen-bond donors (Lipinski definition) is 2. The quantitative estimate of drug-likeness (QED) is 0.358. The van der Waals surface area contributed by atoms with Crippen LogP contribution >= 0.6 is 35.0 Å². The minimum Gasteiger partial charge on any atom is -0.495 e. The van der Waals surface area contributed by atoms with E-state index in [1.54, 1.807) is 41.0 Å². The van der Waals surface area contributed by atoms with Crippen LogP contribution in [0.4, 0.5) is 4.79 Å². The summed E-state index contributed by atoms with van der Waals surface area (Å²) in [6, 6.07) is 11.7. The van der Waals surface area contributed by atoms with Crippen LogP contribution in [0.1, 0.15) is 0 Å². The van der Waals surface area contributed by atoms with Gasteiger partial charge < -0.3 is 10.1 Å². The summed E-state index contributed by atoms with van der Waals surface area (Å²) in [7, 11) is 1.54. The third-order valence-corrected chi connectivity index (χ3v) is 5.49. The average Bonchev–Trinajstić information content (AvgIpc) is 3.20. The minimum atomic E-state index is -0.604. The van der Waals surface area contributed by atoms with Gasteiger partial charge in [-0.3, -0.25) is 14.7 Å². The van der Waals surface area contributed by atoms with E-state index < -0.39 is 11.9 Å². The maximum absolute atomic E-state index is 12.2. The first kappa shape index (κ1) is 23.6. The van der Waals surface area contributed by atoms with Crippen LogP contribution < -0.4 is 15.4 Å². The van der Waals surface area contributed by atoms with Gasteiger partial charge in [-0.25, -0.2) is 4.79 Å². The number of urea groups is 1. The smallest absolute Gasteiger partial charge is 0.321 e. The van der Waals surface area contributed by atoms with Gasteiger partial charge in [0.15, 0.2) is 11.0 Å². The van der Waals surface area contributed by atoms with Crippen LogP contribution in [0.25, 0.3) is 17.1 Å². The number of thioether (sulfide) groups is 1. The Morgan fingerprint density at radius 2 is 1.97 bits per heavy atom. The van der Waals surface area contributed by atoms with E-state index in [9.17, 15) is 9.59 Å². The van der Waals surface area contributed by atoms with Crippen LogP contribution in [0.15, 0.2) is 60.3 Å². The van der Waals surface area contributed by atoms with E-state index >= 15 is 0 Å². The Morgan fingerprint density at radius 1 is 1.19 bits per heavy atom. The molecule has 8 nitrogen and oxygen atoms in total. The first-order chi connectivity index (χ1) is 15.4. The molecule has 3 amide bonds. The molecular weight excluding hydrogens is 473 g/mol. The summed E-state index contributed by atoms with van der Waals surface area (Å²) in [4.78, 5) is 23.9. The second-order valence-corrected chi connectivity index (χ2v) is 8.12. The molecule has 0 spiro atoms. The molecule has 0 aliphatic heterocycles. The van der Waals surface area contributed by atoms with Crippen LogP contribution in [-0.4, -0.2) is 46.1 Å². The van der Waals surface area contributed by atoms with Crippen molar-refractivity contribution in [1.29, 1.82) is 0 Å². The number of rotatable bonds is 8. The van der Waals surface area contributed by atoms with Gasteiger partial charge in [0.25, 0.3) is 0 Å². The molecule has 3 aromatic rings. The highest BCUT2D eigenvalue weighted by Gasteiger charge is 2.21. The molecule has 2 aromatic carbocycles. The zero-order chi connectivity index (χ0) is 23.1. The molecule has 0 bridgehead atoms. The lowest BCUT2D eigenvalue weighted by molar-refractivity contribution is -0.117. The number of aromatic nitrogens is 3. The van der Waals surface area contributed by atoms with Crippen molar-refractivity contribution in [1.82, 2.24) is 25.4 Å². The van der Waals surface area contributed by atoms with Gasteiger partial charge in [-0.05, 0) is 30.3 Å². The van der Waals surface area contributed by atoms with Gasteiger partial charge in [0, 0.05) is 22.2 Å². The lowest BCUT2D eigenvalue weighted by Gasteiger charge is -2.14. The Morgan fingerprint density at radius 3 is 2.69 bits per heavy atom. The molecule has 32 heavy (non-hydrogen) atoms. The number of amides is 3. The van der Waals surface area contributed by atoms with Crippen molar-refractivity contribution in [2.24, 2.45) is 0 Å². The second kappa shape index (κ2) is 11.0. The van der Waals surface area contributed by atoms with Gasteiger partial charge in [0.1, 0.15) is 5.75 Å². The van der Waals surface area contributed by atoms with Gasteiger partial charge in [-0.2, -0.15) is 0 Å². The van der Waals surface area contributed by atoms with Crippen molar-refractivity contribution < 1.29 is 14.3 Å². The summed E-state index contributed by atoms with van der Waals surface area (Å²) < 4.78 is 7.23. The largest absolute Gasteiger partial charge is 0.495 e. The minimum absolute atomic E-state index is 0.0714. The fourth-order valence-electron chi connectivity index (χ4n) is 2.73. The number of ether oxygens (including phenoxy) is 1. The first-order valence-electron chi connectivity index (χ1n) is 9.29. The van der Waals surface area contributed by atoms with Crippen LogP contribution in [0.2, 0.25) is 10.0 Å². The van der Waals surface area contributed by atoms with E-state index in [0.29, 0.717) is 38.0 Å². The maximum atomic E-state index is 12.2. The summed E-state index contributed by atoms with van der Waals surface area (Å²) >= 11 is 13.5. The van der Waals surface area contributed by atoms with Gasteiger partial charge in [-0.15, -0.1) is 16.8 Å². The van der Waals surface area contributed by atoms with E-state index in [4.69, 9.17) is 27.9 Å². The number of methoxy groups -OCH3 is 1. The summed E-state index contributed by atoms with van der Waals surface area (Å²) in [6.07, 6.45) is 1.51. The van der Waals surface area contributed by atoms with Crippen LogP contribution in [0, 0.1) is 0 Å². The normalized spacial score (nSPS) is 10.5. The molecule has 0 atom stereocenters. The van der Waals surface area contributed by atoms with Crippen molar-refractivity contribution in [3.05, 3.63) is 65.2 Å². The molecule has 0 fully saturated rings. The Kier molecular flexibility index (Phi) is 8.15. The van der Waals surface area contributed by atoms with Crippen molar-refractivity contribution in [2.75, 3.05) is 19.4 Å². The highest BCUT2D eigenvalue weighted by molar-refractivity contribution is 7.99. The summed E-state index contributed by atoms with van der Waals surface area (Å²) in [6.45, 7) is 3.75. The van der Waals surface area contributed by atoms with Crippen molar-refractivity contribution in [2.45, 2.75) is 5.16 Å². The molecule has 0 saturated carbocycles. The molecular formula is C21H19Cl2N5O3S. The number of nitrogens with zero attached hydrogens (tertiary/aromatic N) is 3. The summed E-state index contributed by atoms with van der Waals surface area (Å²) in [5.41, 5.74) is 1.30. The molecule has 0 aliphatic rings. The van der Waals surface area contributed by atoms with Crippen LogP contribution in [0.3, 0.4) is 0 Å². The molecule has 3 rings (SSSR count). The molecule has 1 heterocycles. The van der Waals surface area contributed by atoms with E-state index in [1.807, 2.05) is 6.07 Å². The Labute approximate surface area is 199 Å². The Balaban J connectivity index is 1.95. The van der Waals surface area contributed by atoms with E-state index in [1.165, 1.54) is 13.2 Å². The number of hydrogen-bond acceptors (Lipinski definition) is 6. The highest BCUT2D eigenvalue weighted by Crippen LogP contribution is 2.34. The molecule has 166 valence electrons. The molecule has 2 N–H and O–H groups in total. The zero-order valence-electron chi connectivity index (χ0n) is 17.0. The fraction of sp³-hybridized carbons (Fsp3) is 0.143. The number of carbonyl (C=O) groups excluding carboxylic acids is 2. The lowest BCUT2D eigenvalue weighted by atomic mass is 10.2. The predicted octanol–water partition coefficient (Wildman–Crippen LogP) is 4.35. The number of imide groups is 1. The van der Waals surface area contributed by atoms with E-state index in [0.717, 1.165) is 11.8 Å². The van der Waals surface area contributed by atoms with E-state index in [2.05, 4.69) is 27.4 Å². The monoisotopic (exact) mass is 491 g/mol. The van der Waals surface area contributed by atoms with Gasteiger partial charge in [-0.1, -0.05) is 53.2 Å². The van der Waals surface area contributed by atoms with Crippen molar-refractivity contribution in [3.63, 3.8) is 0 Å². The van der Waals surface area contributed by atoms with Gasteiger partial charge in [0.2, 0.25) is 5.91 Å². The zero-order valence-corrected chi connectivity index (χ0v) is 19.3. The Bertz CT molecular complexity index is 1150. The molecule has 11 heteroatoms. The van der Waals surface area contributed by atoms with Crippen molar-refractivity contribution in [3.8, 4) is 22.8 Å². The third kappa shape index (κ3) is 5.82. The SMILES string of the molecule is C=CCNC(=O)NC(=O)CSc1nnc(-c2cccc(Cl)c2)n1-c1cc(Cl)ccc1OC. The average molecular weight is 492 g/mol. The summed E-state index contributed by atoms with van der Waals surface area (Å²) in [5.74, 6) is 0.457. The lowest BCUT2D eigenvalue weighted by Crippen LogP contribution is -2.40. The third-order valence-electron chi connectivity index (χ3n) is 4.09. The van der Waals surface area contributed by atoms with Crippen LogP contribution in [-0.2, 0) is 4.79 Å². The topological polar surface area (TPSA) is 98.1 Å². The molecule has 0 unspecified atom stereocenters. The van der Waals surface area contributed by atoms with Crippen molar-refractivity contribution >= 4 is 46.9 Å². The number of carbonyl (C=O) groups is 2. The predicted molar refractivity (Wildman–Crippen MR) is 126 cm³/mol. The fourth-order valence-corrected chi connectivity index (χ4v) is 3.84. The summed E-state index contributed by atoms with van der Waals surface area (Å²) in [5, 5.41) is 14.7. The highest BCUT2D eigenvalue weighted by atomic mass is 35.5. The van der Waals surface area contributed by atoms with Crippen LogP contribution in [0.5, 0.6) is 5.75 Å². The number of halogens is 2. The molecule has 1 aromatic heterocycles. The first-order valence-corrected chi connectivity index (χ1v) is 11.0. The number of benzene rings is 2. The van der Waals surface area contributed by atoms with Gasteiger partial charge in [0.05, 0.1) is 18.6 Å². The second-order valence-electron chi connectivity index (χ2n) is 6.30. The number of nitrogens with one attached hydrogen (secondary N) is 2. The molecule has 0 saturated heterocycles. The molecule has 0 aliphatic carbocycles. The standard InChI is InChI=1S/C21H19Cl2N5O3S/c1-3-9-24-20(30)25-18(29)12-32-21-27-26-19(13-5-4-6-14(22)10-13)28(21)16-11-15(23)7-8-17(16)31-2/h3-8,10-11H,1,9,12H2,2H3,(H2,24,25,29,30). The maximum Gasteiger partial charge on any atom is 0.321 e.